The average Bonchev–Trinajstić information content (AvgIpc) is 3.06. The molecule has 21 heavy (non-hydrogen) atoms. The van der Waals surface area contributed by atoms with Crippen LogP contribution in [0.4, 0.5) is 0 Å². The van der Waals surface area contributed by atoms with Crippen LogP contribution in [0.25, 0.3) is 16.8 Å². The molecule has 106 valence electrons. The van der Waals surface area contributed by atoms with Crippen LogP contribution in [0.1, 0.15) is 12.1 Å². The highest BCUT2D eigenvalue weighted by Gasteiger charge is 2.35. The topological polar surface area (TPSA) is 29.0 Å². The van der Waals surface area contributed by atoms with Gasteiger partial charge in [-0.3, -0.25) is 0 Å². The van der Waals surface area contributed by atoms with Crippen LogP contribution in [0.15, 0.2) is 48.5 Å². The van der Waals surface area contributed by atoms with Crippen LogP contribution >= 0.6 is 0 Å². The molecule has 2 heterocycles. The fraction of sp³-hybridized carbons (Fsp3) is 0.333. The Bertz CT molecular complexity index is 661. The molecule has 0 radical (unpaired) electrons. The molecular weight excluding hydrogens is 258 g/mol. The van der Waals surface area contributed by atoms with Gasteiger partial charge < -0.3 is 4.90 Å². The molecule has 1 fully saturated rings. The molecule has 2 atom stereocenters. The fourth-order valence-corrected chi connectivity index (χ4v) is 3.59. The first-order chi connectivity index (χ1) is 10.3. The largest absolute Gasteiger partial charge is 0.305 e. The van der Waals surface area contributed by atoms with E-state index in [2.05, 4.69) is 52.5 Å². The first-order valence-electron chi connectivity index (χ1n) is 7.58. The van der Waals surface area contributed by atoms with E-state index in [-0.39, 0.29) is 0 Å². The van der Waals surface area contributed by atoms with Gasteiger partial charge in [0.1, 0.15) is 0 Å². The molecule has 0 spiro atoms. The quantitative estimate of drug-likeness (QED) is 0.844. The summed E-state index contributed by atoms with van der Waals surface area (Å²) in [6.07, 6.45) is 3.56. The average molecular weight is 277 g/mol. The third kappa shape index (κ3) is 2.38. The van der Waals surface area contributed by atoms with Crippen molar-refractivity contribution in [2.75, 3.05) is 20.1 Å². The summed E-state index contributed by atoms with van der Waals surface area (Å²) < 4.78 is 0. The summed E-state index contributed by atoms with van der Waals surface area (Å²) in [5.41, 5.74) is 4.49. The van der Waals surface area contributed by atoms with Gasteiger partial charge in [-0.2, -0.15) is 5.10 Å². The fourth-order valence-electron chi connectivity index (χ4n) is 3.59. The van der Waals surface area contributed by atoms with Gasteiger partial charge >= 0.3 is 0 Å². The van der Waals surface area contributed by atoms with Crippen molar-refractivity contribution in [3.05, 3.63) is 54.2 Å². The minimum atomic E-state index is 0.709. The van der Waals surface area contributed by atoms with Gasteiger partial charge in [0.25, 0.3) is 0 Å². The van der Waals surface area contributed by atoms with E-state index in [1.165, 1.54) is 18.7 Å². The summed E-state index contributed by atoms with van der Waals surface area (Å²) in [5, 5.41) is 8.85. The second-order valence-corrected chi connectivity index (χ2v) is 6.21. The van der Waals surface area contributed by atoms with Gasteiger partial charge in [0.2, 0.25) is 0 Å². The molecule has 1 aliphatic carbocycles. The van der Waals surface area contributed by atoms with Gasteiger partial charge in [0, 0.05) is 18.7 Å². The van der Waals surface area contributed by atoms with Gasteiger partial charge in [0.15, 0.2) is 0 Å². The third-order valence-electron chi connectivity index (χ3n) is 4.63. The van der Waals surface area contributed by atoms with Crippen molar-refractivity contribution in [3.63, 3.8) is 0 Å². The van der Waals surface area contributed by atoms with Crippen LogP contribution in [-0.2, 0) is 0 Å². The normalized spacial score (nSPS) is 24.9. The zero-order valence-electron chi connectivity index (χ0n) is 12.2. The first-order valence-corrected chi connectivity index (χ1v) is 7.58. The van der Waals surface area contributed by atoms with Crippen LogP contribution < -0.4 is 0 Å². The first kappa shape index (κ1) is 12.7. The number of aromatic nitrogens is 2. The third-order valence-corrected chi connectivity index (χ3v) is 4.63. The van der Waals surface area contributed by atoms with Crippen LogP contribution in [-0.4, -0.2) is 35.2 Å². The van der Waals surface area contributed by atoms with Crippen LogP contribution in [0, 0.1) is 11.8 Å². The maximum atomic E-state index is 4.45. The highest BCUT2D eigenvalue weighted by molar-refractivity contribution is 5.67. The molecule has 2 aliphatic rings. The maximum Gasteiger partial charge on any atom is 0.0930 e. The number of nitrogens with zero attached hydrogens (tertiary/aromatic N) is 3. The predicted octanol–water partition coefficient (Wildman–Crippen LogP) is 3.11. The smallest absolute Gasteiger partial charge is 0.0930 e. The number of likely N-dealkylation sites (tertiary alicyclic amines) is 1. The molecule has 2 unspecified atom stereocenters. The Morgan fingerprint density at radius 1 is 0.952 bits per heavy atom. The number of allylic oxidation sites excluding steroid dienone is 1. The zero-order valence-corrected chi connectivity index (χ0v) is 12.2. The maximum absolute atomic E-state index is 4.45. The second-order valence-electron chi connectivity index (χ2n) is 6.21. The minimum absolute atomic E-state index is 0.709. The van der Waals surface area contributed by atoms with Gasteiger partial charge in [-0.25, -0.2) is 0 Å². The lowest BCUT2D eigenvalue weighted by Gasteiger charge is -2.09. The molecule has 4 rings (SSSR count). The molecule has 2 aromatic rings. The van der Waals surface area contributed by atoms with Crippen molar-refractivity contribution in [3.8, 4) is 11.3 Å². The molecule has 1 saturated heterocycles. The molecule has 0 amide bonds. The molecular formula is C18H19N3. The summed E-state index contributed by atoms with van der Waals surface area (Å²) >= 11 is 0. The summed E-state index contributed by atoms with van der Waals surface area (Å²) in [5.74, 6) is 1.49. The Hall–Kier alpha value is -2.00. The Labute approximate surface area is 125 Å². The Balaban J connectivity index is 1.57. The van der Waals surface area contributed by atoms with Crippen LogP contribution in [0.2, 0.25) is 0 Å². The summed E-state index contributed by atoms with van der Waals surface area (Å²) in [7, 11) is 2.21. The summed E-state index contributed by atoms with van der Waals surface area (Å²) in [4.78, 5) is 2.42. The number of rotatable bonds is 2. The molecule has 3 nitrogen and oxygen atoms in total. The Kier molecular flexibility index (Phi) is 3.08. The molecule has 3 heteroatoms. The van der Waals surface area contributed by atoms with Gasteiger partial charge in [-0.05, 0) is 43.0 Å². The zero-order chi connectivity index (χ0) is 14.2. The summed E-state index contributed by atoms with van der Waals surface area (Å²) in [6, 6.07) is 14.4. The lowest BCUT2D eigenvalue weighted by molar-refractivity contribution is 0.395. The van der Waals surface area contributed by atoms with Gasteiger partial charge in [-0.1, -0.05) is 36.4 Å². The van der Waals surface area contributed by atoms with Crippen molar-refractivity contribution in [2.24, 2.45) is 11.8 Å². The molecule has 1 aromatic carbocycles. The highest BCUT2D eigenvalue weighted by Crippen LogP contribution is 2.39. The molecule has 0 saturated carbocycles. The van der Waals surface area contributed by atoms with Crippen molar-refractivity contribution in [1.82, 2.24) is 15.1 Å². The van der Waals surface area contributed by atoms with E-state index >= 15 is 0 Å². The standard InChI is InChI=1S/C18H19N3/c1-21-11-15-9-14(10-16(15)12-21)18-8-7-17(19-20-18)13-5-3-2-4-6-13/h2-9,15-16H,10-12H2,1H3. The second kappa shape index (κ2) is 5.08. The van der Waals surface area contributed by atoms with Crippen molar-refractivity contribution < 1.29 is 0 Å². The Morgan fingerprint density at radius 3 is 2.43 bits per heavy atom. The van der Waals surface area contributed by atoms with Crippen LogP contribution in [0.5, 0.6) is 0 Å². The van der Waals surface area contributed by atoms with E-state index < -0.39 is 0 Å². The predicted molar refractivity (Wildman–Crippen MR) is 84.5 cm³/mol. The van der Waals surface area contributed by atoms with E-state index in [0.29, 0.717) is 5.92 Å². The molecule has 1 aromatic heterocycles. The molecule has 0 N–H and O–H groups in total. The van der Waals surface area contributed by atoms with E-state index in [1.807, 2.05) is 18.2 Å². The lowest BCUT2D eigenvalue weighted by Crippen LogP contribution is -2.14. The Morgan fingerprint density at radius 2 is 1.71 bits per heavy atom. The number of hydrogen-bond acceptors (Lipinski definition) is 3. The van der Waals surface area contributed by atoms with Gasteiger partial charge in [0.05, 0.1) is 11.4 Å². The van der Waals surface area contributed by atoms with Crippen molar-refractivity contribution >= 4 is 5.57 Å². The van der Waals surface area contributed by atoms with Crippen molar-refractivity contribution in [1.29, 1.82) is 0 Å². The van der Waals surface area contributed by atoms with E-state index in [9.17, 15) is 0 Å². The number of hydrogen-bond donors (Lipinski definition) is 0. The monoisotopic (exact) mass is 277 g/mol. The number of fused-ring (bicyclic) bond motifs is 1. The molecule has 1 aliphatic heterocycles. The van der Waals surface area contributed by atoms with E-state index in [0.717, 1.165) is 29.3 Å². The SMILES string of the molecule is CN1CC2C=C(c3ccc(-c4ccccc4)nn3)CC2C1. The van der Waals surface area contributed by atoms with E-state index in [4.69, 9.17) is 0 Å². The number of benzene rings is 1. The van der Waals surface area contributed by atoms with Gasteiger partial charge in [-0.15, -0.1) is 5.10 Å². The lowest BCUT2D eigenvalue weighted by atomic mass is 9.99. The highest BCUT2D eigenvalue weighted by atomic mass is 15.1. The molecule has 0 bridgehead atoms. The van der Waals surface area contributed by atoms with Crippen molar-refractivity contribution in [2.45, 2.75) is 6.42 Å². The summed E-state index contributed by atoms with van der Waals surface area (Å²) in [6.45, 7) is 2.39. The minimum Gasteiger partial charge on any atom is -0.305 e. The van der Waals surface area contributed by atoms with E-state index in [1.54, 1.807) is 0 Å². The van der Waals surface area contributed by atoms with Crippen LogP contribution in [0.3, 0.4) is 0 Å².